The van der Waals surface area contributed by atoms with Gasteiger partial charge in [-0.3, -0.25) is 4.79 Å². The topological polar surface area (TPSA) is 136 Å². The summed E-state index contributed by atoms with van der Waals surface area (Å²) in [5.74, 6) is -0.887. The van der Waals surface area contributed by atoms with Gasteiger partial charge in [-0.25, -0.2) is 0 Å². The second kappa shape index (κ2) is 11.2. The maximum atomic E-state index is 11.7. The molecule has 8 nitrogen and oxygen atoms in total. The van der Waals surface area contributed by atoms with Crippen LogP contribution < -0.4 is 15.0 Å². The standard InChI is InChI=1S/C14H13NO.C8H10AsNO5/c16-14(13-9-5-2-6-10-13)15-11-12-7-3-1-4-8-12;1-5(11)10-6-2-3-7(8(12)4-6)9(13,14)15/h1-10H,11H2,(H,15,16);2-4,12H,1H3,(H,10,11)(H2,13,14,15). The second-order valence-corrected chi connectivity index (χ2v) is 9.76. The van der Waals surface area contributed by atoms with Gasteiger partial charge in [0.25, 0.3) is 5.91 Å². The summed E-state index contributed by atoms with van der Waals surface area (Å²) in [7, 11) is 0. The number of phenols is 1. The van der Waals surface area contributed by atoms with Gasteiger partial charge in [0.15, 0.2) is 0 Å². The number of anilines is 1. The Hall–Kier alpha value is -3.32. The van der Waals surface area contributed by atoms with Crippen molar-refractivity contribution in [3.8, 4) is 5.75 Å². The average Bonchev–Trinajstić information content (AvgIpc) is 2.72. The van der Waals surface area contributed by atoms with Gasteiger partial charge in [-0.1, -0.05) is 48.5 Å². The Labute approximate surface area is 182 Å². The van der Waals surface area contributed by atoms with Crippen LogP contribution >= 0.6 is 0 Å². The molecule has 0 spiro atoms. The van der Waals surface area contributed by atoms with E-state index in [1.54, 1.807) is 12.1 Å². The first-order valence-corrected chi connectivity index (χ1v) is 12.6. The molecule has 0 atom stereocenters. The number of benzene rings is 3. The Kier molecular flexibility index (Phi) is 8.63. The SMILES string of the molecule is CC(=O)Nc1ccc([As](=O)(O)O)c(O)c1.O=C(NCc1ccccc1)c1ccccc1. The Bertz CT molecular complexity index is 1070. The van der Waals surface area contributed by atoms with Gasteiger partial charge in [0.2, 0.25) is 0 Å². The molecule has 3 aromatic rings. The second-order valence-electron chi connectivity index (χ2n) is 6.46. The van der Waals surface area contributed by atoms with Crippen molar-refractivity contribution in [3.05, 3.63) is 90.0 Å². The Morgan fingerprint density at radius 1 is 0.903 bits per heavy atom. The molecule has 0 radical (unpaired) electrons. The minimum atomic E-state index is -5.09. The fourth-order valence-electron chi connectivity index (χ4n) is 2.52. The summed E-state index contributed by atoms with van der Waals surface area (Å²) in [6.07, 6.45) is 0. The van der Waals surface area contributed by atoms with E-state index < -0.39 is 24.3 Å². The fourth-order valence-corrected chi connectivity index (χ4v) is 3.85. The van der Waals surface area contributed by atoms with Crippen molar-refractivity contribution >= 4 is 36.0 Å². The molecule has 0 aromatic heterocycles. The van der Waals surface area contributed by atoms with E-state index in [-0.39, 0.29) is 17.5 Å². The molecule has 0 fully saturated rings. The van der Waals surface area contributed by atoms with E-state index in [1.807, 2.05) is 48.5 Å². The van der Waals surface area contributed by atoms with E-state index in [1.165, 1.54) is 13.0 Å². The maximum absolute atomic E-state index is 11.7. The summed E-state index contributed by atoms with van der Waals surface area (Å²) < 4.78 is 28.2. The van der Waals surface area contributed by atoms with Crippen LogP contribution in [0, 0.1) is 0 Å². The van der Waals surface area contributed by atoms with Crippen molar-refractivity contribution in [3.63, 3.8) is 0 Å². The molecule has 0 heterocycles. The predicted octanol–water partition coefficient (Wildman–Crippen LogP) is 1.53. The zero-order valence-corrected chi connectivity index (χ0v) is 18.6. The van der Waals surface area contributed by atoms with Gasteiger partial charge in [-0.2, -0.15) is 0 Å². The number of hydrogen-bond donors (Lipinski definition) is 5. The third-order valence-electron chi connectivity index (χ3n) is 3.94. The minimum absolute atomic E-state index is 0.0375. The molecule has 3 rings (SSSR count). The van der Waals surface area contributed by atoms with Gasteiger partial charge < -0.3 is 5.32 Å². The molecule has 0 aliphatic carbocycles. The molecule has 0 aliphatic heterocycles. The molecule has 3 aromatic carbocycles. The first kappa shape index (κ1) is 24.0. The molecule has 0 saturated carbocycles. The van der Waals surface area contributed by atoms with E-state index >= 15 is 0 Å². The van der Waals surface area contributed by atoms with Gasteiger partial charge in [-0.15, -0.1) is 0 Å². The molecule has 9 heteroatoms. The number of rotatable bonds is 5. The van der Waals surface area contributed by atoms with Crippen LogP contribution in [0.25, 0.3) is 0 Å². The van der Waals surface area contributed by atoms with Gasteiger partial charge >= 0.3 is 88.1 Å². The van der Waals surface area contributed by atoms with Gasteiger partial charge in [0.05, 0.1) is 0 Å². The van der Waals surface area contributed by atoms with Crippen LogP contribution in [0.2, 0.25) is 0 Å². The molecule has 31 heavy (non-hydrogen) atoms. The molecule has 0 unspecified atom stereocenters. The van der Waals surface area contributed by atoms with Crippen LogP contribution in [0.4, 0.5) is 5.69 Å². The zero-order chi connectivity index (χ0) is 22.9. The summed E-state index contributed by atoms with van der Waals surface area (Å²) in [4.78, 5) is 22.4. The van der Waals surface area contributed by atoms with Crippen LogP contribution in [0.1, 0.15) is 22.8 Å². The molecular formula is C22H23AsN2O6. The molecule has 0 aliphatic rings. The summed E-state index contributed by atoms with van der Waals surface area (Å²) in [6, 6.07) is 22.6. The van der Waals surface area contributed by atoms with Crippen molar-refractivity contribution in [2.75, 3.05) is 5.32 Å². The summed E-state index contributed by atoms with van der Waals surface area (Å²) in [5.41, 5.74) is 2.08. The van der Waals surface area contributed by atoms with Crippen LogP contribution in [0.3, 0.4) is 0 Å². The van der Waals surface area contributed by atoms with Crippen molar-refractivity contribution in [2.45, 2.75) is 13.5 Å². The van der Waals surface area contributed by atoms with Crippen LogP contribution in [0.15, 0.2) is 78.9 Å². The smallest absolute Gasteiger partial charge is 0.251 e. The van der Waals surface area contributed by atoms with Crippen LogP contribution in [0.5, 0.6) is 5.75 Å². The Morgan fingerprint density at radius 3 is 2.00 bits per heavy atom. The van der Waals surface area contributed by atoms with E-state index in [9.17, 15) is 18.4 Å². The molecule has 2 amide bonds. The average molecular weight is 486 g/mol. The predicted molar refractivity (Wildman–Crippen MR) is 117 cm³/mol. The van der Waals surface area contributed by atoms with Crippen molar-refractivity contribution in [2.24, 2.45) is 0 Å². The van der Waals surface area contributed by atoms with Crippen LogP contribution in [-0.2, 0) is 15.1 Å². The quantitative estimate of drug-likeness (QED) is 0.347. The van der Waals surface area contributed by atoms with E-state index in [0.29, 0.717) is 12.1 Å². The molecular weight excluding hydrogens is 463 g/mol. The number of phenolic OH excluding ortho intramolecular Hbond substituents is 1. The summed E-state index contributed by atoms with van der Waals surface area (Å²) in [5, 5.41) is 14.6. The number of amides is 2. The molecule has 0 saturated heterocycles. The summed E-state index contributed by atoms with van der Waals surface area (Å²) in [6.45, 7) is 1.85. The number of nitrogens with one attached hydrogen (secondary N) is 2. The van der Waals surface area contributed by atoms with Gasteiger partial charge in [-0.05, 0) is 17.7 Å². The Morgan fingerprint density at radius 2 is 1.48 bits per heavy atom. The number of hydrogen-bond acceptors (Lipinski definition) is 4. The minimum Gasteiger partial charge on any atom is -0.348 e. The van der Waals surface area contributed by atoms with Crippen molar-refractivity contribution in [1.29, 1.82) is 0 Å². The van der Waals surface area contributed by atoms with E-state index in [2.05, 4.69) is 10.6 Å². The van der Waals surface area contributed by atoms with E-state index in [0.717, 1.165) is 17.7 Å². The third kappa shape index (κ3) is 8.14. The van der Waals surface area contributed by atoms with Crippen LogP contribution in [-0.4, -0.2) is 39.3 Å². The fraction of sp³-hybridized carbons (Fsp3) is 0.0909. The summed E-state index contributed by atoms with van der Waals surface area (Å²) >= 11 is -5.09. The largest absolute Gasteiger partial charge is 0.348 e. The van der Waals surface area contributed by atoms with Gasteiger partial charge in [0.1, 0.15) is 0 Å². The first-order chi connectivity index (χ1) is 14.7. The number of carbonyl (C=O) groups excluding carboxylic acids is 2. The first-order valence-electron chi connectivity index (χ1n) is 9.20. The molecule has 5 N–H and O–H groups in total. The Balaban J connectivity index is 0.000000221. The monoisotopic (exact) mass is 486 g/mol. The molecule has 162 valence electrons. The number of carbonyl (C=O) groups is 2. The van der Waals surface area contributed by atoms with Crippen molar-refractivity contribution in [1.82, 2.24) is 5.32 Å². The zero-order valence-electron chi connectivity index (χ0n) is 16.7. The third-order valence-corrected chi connectivity index (χ3v) is 6.05. The van der Waals surface area contributed by atoms with E-state index in [4.69, 9.17) is 8.19 Å². The number of aromatic hydroxyl groups is 1. The molecule has 0 bridgehead atoms. The maximum Gasteiger partial charge on any atom is 0.251 e. The normalized spacial score (nSPS) is 10.4. The van der Waals surface area contributed by atoms with Crippen molar-refractivity contribution < 1.29 is 26.6 Å². The van der Waals surface area contributed by atoms with Gasteiger partial charge in [0, 0.05) is 12.1 Å².